The Kier molecular flexibility index (Phi) is 6.33. The number of benzene rings is 2. The lowest BCUT2D eigenvalue weighted by Crippen LogP contribution is -2.36. The average molecular weight is 507 g/mol. The summed E-state index contributed by atoms with van der Waals surface area (Å²) < 4.78 is 5.49. The van der Waals surface area contributed by atoms with E-state index in [9.17, 15) is 4.79 Å². The van der Waals surface area contributed by atoms with Crippen LogP contribution in [-0.2, 0) is 4.74 Å². The van der Waals surface area contributed by atoms with Crippen molar-refractivity contribution in [3.63, 3.8) is 0 Å². The fraction of sp³-hybridized carbons (Fsp3) is 0.407. The van der Waals surface area contributed by atoms with Gasteiger partial charge in [0.1, 0.15) is 11.4 Å². The first-order valence-corrected chi connectivity index (χ1v) is 13.1. The first-order valence-electron chi connectivity index (χ1n) is 12.8. The zero-order valence-electron chi connectivity index (χ0n) is 20.4. The number of hydrogen-bond acceptors (Lipinski definition) is 6. The number of likely N-dealkylation sites (tertiary alicyclic amines) is 1. The third-order valence-corrected chi connectivity index (χ3v) is 7.71. The van der Waals surface area contributed by atoms with Crippen LogP contribution in [0.4, 0.5) is 11.4 Å². The predicted molar refractivity (Wildman–Crippen MR) is 146 cm³/mol. The van der Waals surface area contributed by atoms with Crippen molar-refractivity contribution in [3.05, 3.63) is 51.8 Å². The van der Waals surface area contributed by atoms with Crippen LogP contribution in [-0.4, -0.2) is 71.8 Å². The molecule has 6 rings (SSSR count). The molecule has 9 heteroatoms. The zero-order valence-corrected chi connectivity index (χ0v) is 21.2. The summed E-state index contributed by atoms with van der Waals surface area (Å²) in [6, 6.07) is 12.3. The molecule has 2 saturated heterocycles. The standard InChI is InChI=1S/C27H31ClN6O2/c1-2-33-9-3-4-19(33)16-29-25-20-7-5-17(28)14-22(20)32-27(35)24(25)26-30-21-8-6-18(15-23(21)31-26)34-10-12-36-13-11-34/h5-8,14-15,19H,2-4,9-13,16H2,1H3,(H,30,31)(H2,29,32,35)/t19-/m1/s1. The van der Waals surface area contributed by atoms with E-state index in [2.05, 4.69) is 44.1 Å². The van der Waals surface area contributed by atoms with Gasteiger partial charge in [0.15, 0.2) is 0 Å². The number of nitrogens with one attached hydrogen (secondary N) is 3. The molecule has 0 amide bonds. The molecule has 188 valence electrons. The van der Waals surface area contributed by atoms with E-state index in [1.165, 1.54) is 6.42 Å². The number of likely N-dealkylation sites (N-methyl/N-ethyl adjacent to an activating group) is 1. The molecule has 0 aliphatic carbocycles. The van der Waals surface area contributed by atoms with Crippen LogP contribution in [0.5, 0.6) is 0 Å². The third kappa shape index (κ3) is 4.34. The molecule has 0 radical (unpaired) electrons. The molecule has 2 aliphatic rings. The topological polar surface area (TPSA) is 89.3 Å². The van der Waals surface area contributed by atoms with Crippen LogP contribution in [0.3, 0.4) is 0 Å². The van der Waals surface area contributed by atoms with Crippen molar-refractivity contribution in [2.24, 2.45) is 0 Å². The summed E-state index contributed by atoms with van der Waals surface area (Å²) in [5.41, 5.74) is 4.68. The van der Waals surface area contributed by atoms with Crippen LogP contribution < -0.4 is 15.8 Å². The molecule has 2 aliphatic heterocycles. The number of pyridine rings is 1. The molecule has 2 aromatic carbocycles. The molecule has 0 saturated carbocycles. The van der Waals surface area contributed by atoms with Crippen LogP contribution >= 0.6 is 11.6 Å². The van der Waals surface area contributed by atoms with Gasteiger partial charge >= 0.3 is 0 Å². The van der Waals surface area contributed by atoms with Crippen molar-refractivity contribution < 1.29 is 4.74 Å². The molecular weight excluding hydrogens is 476 g/mol. The number of ether oxygens (including phenoxy) is 1. The maximum absolute atomic E-state index is 13.4. The van der Waals surface area contributed by atoms with Crippen LogP contribution in [0.15, 0.2) is 41.2 Å². The first-order chi connectivity index (χ1) is 17.6. The Labute approximate surface area is 214 Å². The number of morpholine rings is 1. The molecule has 1 atom stereocenters. The van der Waals surface area contributed by atoms with Gasteiger partial charge in [0.05, 0.1) is 35.5 Å². The molecule has 4 aromatic rings. The van der Waals surface area contributed by atoms with Crippen molar-refractivity contribution in [2.75, 3.05) is 56.2 Å². The lowest BCUT2D eigenvalue weighted by molar-refractivity contribution is 0.122. The quantitative estimate of drug-likeness (QED) is 0.358. The van der Waals surface area contributed by atoms with Gasteiger partial charge in [-0.2, -0.15) is 0 Å². The summed E-state index contributed by atoms with van der Waals surface area (Å²) in [5, 5.41) is 5.15. The van der Waals surface area contributed by atoms with E-state index in [4.69, 9.17) is 21.3 Å². The van der Waals surface area contributed by atoms with E-state index in [0.717, 1.165) is 80.2 Å². The van der Waals surface area contributed by atoms with Crippen LogP contribution in [0.25, 0.3) is 33.3 Å². The van der Waals surface area contributed by atoms with Gasteiger partial charge < -0.3 is 24.9 Å². The zero-order chi connectivity index (χ0) is 24.6. The predicted octanol–water partition coefficient (Wildman–Crippen LogP) is 4.46. The average Bonchev–Trinajstić information content (AvgIpc) is 3.53. The van der Waals surface area contributed by atoms with Crippen LogP contribution in [0, 0.1) is 0 Å². The molecule has 0 unspecified atom stereocenters. The van der Waals surface area contributed by atoms with Crippen molar-refractivity contribution in [1.82, 2.24) is 19.9 Å². The number of halogens is 1. The Bertz CT molecular complexity index is 1460. The number of H-pyrrole nitrogens is 2. The van der Waals surface area contributed by atoms with Crippen molar-refractivity contribution in [2.45, 2.75) is 25.8 Å². The van der Waals surface area contributed by atoms with Crippen LogP contribution in [0.1, 0.15) is 19.8 Å². The molecule has 0 spiro atoms. The largest absolute Gasteiger partial charge is 0.382 e. The van der Waals surface area contributed by atoms with Gasteiger partial charge in [-0.1, -0.05) is 18.5 Å². The summed E-state index contributed by atoms with van der Waals surface area (Å²) >= 11 is 6.25. The van der Waals surface area contributed by atoms with Gasteiger partial charge in [0.2, 0.25) is 0 Å². The van der Waals surface area contributed by atoms with Crippen molar-refractivity contribution in [3.8, 4) is 11.4 Å². The fourth-order valence-corrected chi connectivity index (χ4v) is 5.75. The molecule has 2 aromatic heterocycles. The van der Waals surface area contributed by atoms with E-state index in [1.54, 1.807) is 6.07 Å². The summed E-state index contributed by atoms with van der Waals surface area (Å²) in [7, 11) is 0. The minimum atomic E-state index is -0.196. The number of hydrogen-bond donors (Lipinski definition) is 3. The normalized spacial score (nSPS) is 18.9. The van der Waals surface area contributed by atoms with Gasteiger partial charge in [0.25, 0.3) is 5.56 Å². The first kappa shape index (κ1) is 23.3. The Morgan fingerprint density at radius 3 is 2.81 bits per heavy atom. The highest BCUT2D eigenvalue weighted by molar-refractivity contribution is 6.31. The summed E-state index contributed by atoms with van der Waals surface area (Å²) in [6.45, 7) is 8.30. The number of fused-ring (bicyclic) bond motifs is 2. The molecule has 36 heavy (non-hydrogen) atoms. The Hall–Kier alpha value is -3.07. The van der Waals surface area contributed by atoms with E-state index < -0.39 is 0 Å². The lowest BCUT2D eigenvalue weighted by Gasteiger charge is -2.28. The van der Waals surface area contributed by atoms with E-state index >= 15 is 0 Å². The van der Waals surface area contributed by atoms with Gasteiger partial charge in [-0.25, -0.2) is 4.98 Å². The smallest absolute Gasteiger partial charge is 0.261 e. The fourth-order valence-electron chi connectivity index (χ4n) is 5.57. The van der Waals surface area contributed by atoms with Gasteiger partial charge in [-0.3, -0.25) is 9.69 Å². The molecule has 0 bridgehead atoms. The number of aromatic amines is 2. The minimum Gasteiger partial charge on any atom is -0.382 e. The minimum absolute atomic E-state index is 0.196. The Morgan fingerprint density at radius 2 is 1.97 bits per heavy atom. The van der Waals surface area contributed by atoms with E-state index in [0.29, 0.717) is 28.0 Å². The molecule has 8 nitrogen and oxygen atoms in total. The number of imidazole rings is 1. The number of nitrogens with zero attached hydrogens (tertiary/aromatic N) is 3. The van der Waals surface area contributed by atoms with Gasteiger partial charge in [-0.05, 0) is 62.3 Å². The highest BCUT2D eigenvalue weighted by Crippen LogP contribution is 2.33. The Morgan fingerprint density at radius 1 is 1.11 bits per heavy atom. The summed E-state index contributed by atoms with van der Waals surface area (Å²) in [5.74, 6) is 0.559. The van der Waals surface area contributed by atoms with Crippen molar-refractivity contribution in [1.29, 1.82) is 0 Å². The van der Waals surface area contributed by atoms with E-state index in [-0.39, 0.29) is 5.56 Å². The molecule has 4 heterocycles. The maximum atomic E-state index is 13.4. The number of aromatic nitrogens is 3. The maximum Gasteiger partial charge on any atom is 0.261 e. The molecular formula is C27H31ClN6O2. The second kappa shape index (κ2) is 9.76. The second-order valence-corrected chi connectivity index (χ2v) is 10.0. The number of rotatable bonds is 6. The van der Waals surface area contributed by atoms with Crippen LogP contribution in [0.2, 0.25) is 5.02 Å². The van der Waals surface area contributed by atoms with E-state index in [1.807, 2.05) is 18.2 Å². The lowest BCUT2D eigenvalue weighted by atomic mass is 10.1. The number of anilines is 2. The SMILES string of the molecule is CCN1CCC[C@@H]1CNc1c(-c2nc3cc(N4CCOCC4)ccc3[nH]2)c(=O)[nH]c2cc(Cl)ccc12. The van der Waals surface area contributed by atoms with Crippen molar-refractivity contribution >= 4 is 44.9 Å². The monoisotopic (exact) mass is 506 g/mol. The molecule has 3 N–H and O–H groups in total. The summed E-state index contributed by atoms with van der Waals surface area (Å²) in [4.78, 5) is 29.5. The highest BCUT2D eigenvalue weighted by atomic mass is 35.5. The summed E-state index contributed by atoms with van der Waals surface area (Å²) in [6.07, 6.45) is 2.35. The van der Waals surface area contributed by atoms with Gasteiger partial charge in [-0.15, -0.1) is 0 Å². The highest BCUT2D eigenvalue weighted by Gasteiger charge is 2.25. The molecule has 2 fully saturated rings. The third-order valence-electron chi connectivity index (χ3n) is 7.48. The Balaban J connectivity index is 1.42. The second-order valence-electron chi connectivity index (χ2n) is 9.59. The van der Waals surface area contributed by atoms with Gasteiger partial charge in [0, 0.05) is 41.8 Å².